The minimum atomic E-state index is -0.508. The molecule has 1 fully saturated rings. The van der Waals surface area contributed by atoms with Gasteiger partial charge >= 0.3 is 0 Å². The predicted octanol–water partition coefficient (Wildman–Crippen LogP) is 5.41. The Hall–Kier alpha value is -1.86. The van der Waals surface area contributed by atoms with Crippen LogP contribution in [-0.4, -0.2) is 40.0 Å². The summed E-state index contributed by atoms with van der Waals surface area (Å²) >= 11 is 3.65. The maximum atomic E-state index is 11.7. The minimum Gasteiger partial charge on any atom is -0.364 e. The molecule has 1 atom stereocenters. The van der Waals surface area contributed by atoms with Crippen molar-refractivity contribution in [3.05, 3.63) is 59.0 Å². The molecule has 3 heterocycles. The highest BCUT2D eigenvalue weighted by atomic mass is 32.2. The minimum absolute atomic E-state index is 0.294. The average Bonchev–Trinajstić information content (AvgIpc) is 2.75. The number of carbonyl (C=O) groups is 1. The van der Waals surface area contributed by atoms with Gasteiger partial charge in [0.1, 0.15) is 6.67 Å². The molecular weight excluding hydrogens is 417 g/mol. The van der Waals surface area contributed by atoms with Gasteiger partial charge in [-0.15, -0.1) is 16.9 Å². The molecule has 1 saturated heterocycles. The summed E-state index contributed by atoms with van der Waals surface area (Å²) < 4.78 is 10.9. The average molecular weight is 448 g/mol. The highest BCUT2D eigenvalue weighted by molar-refractivity contribution is 7.99. The first-order valence-corrected chi connectivity index (χ1v) is 12.2. The van der Waals surface area contributed by atoms with Gasteiger partial charge in [0, 0.05) is 11.3 Å². The Morgan fingerprint density at radius 2 is 2.23 bits per heavy atom. The Morgan fingerprint density at radius 3 is 2.80 bits per heavy atom. The summed E-state index contributed by atoms with van der Waals surface area (Å²) in [6.45, 7) is 7.31. The zero-order valence-corrected chi connectivity index (χ0v) is 19.3. The lowest BCUT2D eigenvalue weighted by Crippen LogP contribution is -2.21. The molecule has 162 valence electrons. The van der Waals surface area contributed by atoms with E-state index in [2.05, 4.69) is 29.8 Å². The lowest BCUT2D eigenvalue weighted by Gasteiger charge is -2.24. The normalized spacial score (nSPS) is 18.8. The van der Waals surface area contributed by atoms with E-state index in [-0.39, 0.29) is 6.67 Å². The van der Waals surface area contributed by atoms with Gasteiger partial charge in [-0.25, -0.2) is 4.39 Å². The number of allylic oxidation sites excluding steroid dienone is 5. The maximum Gasteiger partial charge on any atom is 0.270 e. The van der Waals surface area contributed by atoms with E-state index in [1.807, 2.05) is 17.8 Å². The smallest absolute Gasteiger partial charge is 0.270 e. The second-order valence-corrected chi connectivity index (χ2v) is 9.29. The number of thioether (sulfide) groups is 2. The van der Waals surface area contributed by atoms with Crippen LogP contribution in [0.3, 0.4) is 0 Å². The first-order chi connectivity index (χ1) is 14.5. The van der Waals surface area contributed by atoms with Gasteiger partial charge in [0.25, 0.3) is 5.91 Å². The Morgan fingerprint density at radius 1 is 1.43 bits per heavy atom. The highest BCUT2D eigenvalue weighted by Gasteiger charge is 2.25. The largest absolute Gasteiger partial charge is 0.364 e. The number of nitrogens with two attached hydrogens (primary N) is 1. The SMILES string of the molecule is C/C=C\CF.C=C/C=C(\C)C1=Cc2c(CC3CCCSC3)nnc(C(N)=O)c2SC1. The van der Waals surface area contributed by atoms with Crippen LogP contribution in [0.4, 0.5) is 4.39 Å². The number of hydrogen-bond donors (Lipinski definition) is 1. The summed E-state index contributed by atoms with van der Waals surface area (Å²) in [4.78, 5) is 12.6. The zero-order chi connectivity index (χ0) is 21.9. The molecule has 0 bridgehead atoms. The van der Waals surface area contributed by atoms with Crippen LogP contribution < -0.4 is 5.73 Å². The molecular formula is C23H30FN3OS2. The van der Waals surface area contributed by atoms with Crippen LogP contribution in [0.2, 0.25) is 0 Å². The van der Waals surface area contributed by atoms with Crippen LogP contribution >= 0.6 is 23.5 Å². The van der Waals surface area contributed by atoms with E-state index in [1.165, 1.54) is 41.6 Å². The van der Waals surface area contributed by atoms with E-state index in [9.17, 15) is 9.18 Å². The van der Waals surface area contributed by atoms with Crippen molar-refractivity contribution in [1.29, 1.82) is 0 Å². The van der Waals surface area contributed by atoms with Crippen LogP contribution in [0.1, 0.15) is 48.4 Å². The van der Waals surface area contributed by atoms with Crippen LogP contribution in [0.25, 0.3) is 6.08 Å². The molecule has 2 N–H and O–H groups in total. The molecule has 2 aliphatic heterocycles. The second kappa shape index (κ2) is 12.7. The predicted molar refractivity (Wildman–Crippen MR) is 128 cm³/mol. The Kier molecular flexibility index (Phi) is 10.4. The number of fused-ring (bicyclic) bond motifs is 1. The lowest BCUT2D eigenvalue weighted by atomic mass is 9.95. The van der Waals surface area contributed by atoms with Crippen molar-refractivity contribution in [3.63, 3.8) is 0 Å². The fourth-order valence-electron chi connectivity index (χ4n) is 3.28. The molecule has 4 nitrogen and oxygen atoms in total. The first-order valence-electron chi connectivity index (χ1n) is 10.1. The summed E-state index contributed by atoms with van der Waals surface area (Å²) in [5.41, 5.74) is 10.2. The fourth-order valence-corrected chi connectivity index (χ4v) is 5.66. The van der Waals surface area contributed by atoms with Crippen molar-refractivity contribution < 1.29 is 9.18 Å². The van der Waals surface area contributed by atoms with Gasteiger partial charge in [-0.1, -0.05) is 30.9 Å². The summed E-state index contributed by atoms with van der Waals surface area (Å²) in [6.07, 6.45) is 12.5. The highest BCUT2D eigenvalue weighted by Crippen LogP contribution is 2.38. The van der Waals surface area contributed by atoms with E-state index >= 15 is 0 Å². The topological polar surface area (TPSA) is 68.9 Å². The number of alkyl halides is 1. The van der Waals surface area contributed by atoms with Crippen LogP contribution in [-0.2, 0) is 6.42 Å². The Bertz CT molecular complexity index is 843. The molecule has 0 aliphatic carbocycles. The van der Waals surface area contributed by atoms with Crippen LogP contribution in [0.15, 0.2) is 46.9 Å². The molecule has 1 aromatic rings. The van der Waals surface area contributed by atoms with E-state index in [1.54, 1.807) is 30.8 Å². The number of rotatable bonds is 6. The van der Waals surface area contributed by atoms with Gasteiger partial charge in [0.15, 0.2) is 5.69 Å². The van der Waals surface area contributed by atoms with Gasteiger partial charge < -0.3 is 5.73 Å². The van der Waals surface area contributed by atoms with E-state index in [0.29, 0.717) is 11.6 Å². The number of halogens is 1. The van der Waals surface area contributed by atoms with Crippen LogP contribution in [0, 0.1) is 5.92 Å². The standard InChI is InChI=1S/C19H23N3OS2.C4H7F/c1-3-5-12(2)14-9-15-16(8-13-6-4-7-24-10-13)21-22-17(19(20)23)18(15)25-11-14;1-2-3-4-5/h3,5,9,13H,1,4,6-8,10-11H2,2H3,(H2,20,23);2-3H,4H2,1H3/b12-5+;3-2-. The van der Waals surface area contributed by atoms with E-state index < -0.39 is 5.91 Å². The number of hydrogen-bond acceptors (Lipinski definition) is 5. The third-order valence-corrected chi connectivity index (χ3v) is 7.34. The van der Waals surface area contributed by atoms with E-state index in [0.717, 1.165) is 28.3 Å². The third kappa shape index (κ3) is 6.84. The fraction of sp³-hybridized carbons (Fsp3) is 0.435. The quantitative estimate of drug-likeness (QED) is 0.466. The molecule has 0 saturated carbocycles. The molecule has 0 radical (unpaired) electrons. The number of nitrogens with zero attached hydrogens (tertiary/aromatic N) is 2. The van der Waals surface area contributed by atoms with Crippen molar-refractivity contribution in [1.82, 2.24) is 10.2 Å². The molecule has 3 rings (SSSR count). The second-order valence-electron chi connectivity index (χ2n) is 7.16. The Labute approximate surface area is 187 Å². The number of amides is 1. The van der Waals surface area contributed by atoms with Crippen molar-refractivity contribution in [3.8, 4) is 0 Å². The summed E-state index contributed by atoms with van der Waals surface area (Å²) in [5, 5.41) is 8.54. The Balaban J connectivity index is 0.000000575. The van der Waals surface area contributed by atoms with Crippen molar-refractivity contribution >= 4 is 35.5 Å². The molecule has 0 aromatic carbocycles. The van der Waals surface area contributed by atoms with Gasteiger partial charge in [-0.2, -0.15) is 16.9 Å². The molecule has 1 amide bonds. The van der Waals surface area contributed by atoms with Gasteiger partial charge in [0.2, 0.25) is 0 Å². The molecule has 7 heteroatoms. The summed E-state index contributed by atoms with van der Waals surface area (Å²) in [6, 6.07) is 0. The van der Waals surface area contributed by atoms with Crippen molar-refractivity contribution in [2.75, 3.05) is 23.9 Å². The molecule has 30 heavy (non-hydrogen) atoms. The third-order valence-electron chi connectivity index (χ3n) is 4.90. The van der Waals surface area contributed by atoms with Gasteiger partial charge in [0.05, 0.1) is 10.6 Å². The lowest BCUT2D eigenvalue weighted by molar-refractivity contribution is 0.0991. The maximum absolute atomic E-state index is 11.7. The number of primary amides is 1. The van der Waals surface area contributed by atoms with Crippen LogP contribution in [0.5, 0.6) is 0 Å². The van der Waals surface area contributed by atoms with Crippen molar-refractivity contribution in [2.24, 2.45) is 11.7 Å². The first kappa shape index (κ1) is 24.4. The zero-order valence-electron chi connectivity index (χ0n) is 17.7. The molecule has 1 aromatic heterocycles. The van der Waals surface area contributed by atoms with Gasteiger partial charge in [-0.05, 0) is 67.8 Å². The van der Waals surface area contributed by atoms with E-state index in [4.69, 9.17) is 5.73 Å². The van der Waals surface area contributed by atoms with Crippen molar-refractivity contribution in [2.45, 2.75) is 38.0 Å². The van der Waals surface area contributed by atoms with Gasteiger partial charge in [-0.3, -0.25) is 4.79 Å². The molecule has 2 aliphatic rings. The summed E-state index contributed by atoms with van der Waals surface area (Å²) in [7, 11) is 0. The number of aromatic nitrogens is 2. The molecule has 0 spiro atoms. The summed E-state index contributed by atoms with van der Waals surface area (Å²) in [5.74, 6) is 3.35. The monoisotopic (exact) mass is 447 g/mol. The molecule has 1 unspecified atom stereocenters. The number of carbonyl (C=O) groups excluding carboxylic acids is 1.